The molecule has 70 valence electrons. The Balaban J connectivity index is -0.000000109. The zero-order valence-corrected chi connectivity index (χ0v) is 7.92. The van der Waals surface area contributed by atoms with Crippen LogP contribution in [-0.4, -0.2) is 16.3 Å². The summed E-state index contributed by atoms with van der Waals surface area (Å²) in [6.45, 7) is 7.87. The molecule has 0 amide bonds. The zero-order chi connectivity index (χ0) is 9.70. The predicted molar refractivity (Wildman–Crippen MR) is 46.8 cm³/mol. The van der Waals surface area contributed by atoms with Crippen LogP contribution in [0.15, 0.2) is 0 Å². The van der Waals surface area contributed by atoms with Crippen LogP contribution in [-0.2, 0) is 4.79 Å². The normalized spacial score (nSPS) is 6.73. The smallest absolute Gasteiger partial charge is 0.129 e. The molecule has 0 atom stereocenters. The Morgan fingerprint density at radius 2 is 1.45 bits per heavy atom. The fourth-order valence-corrected chi connectivity index (χ4v) is 0.352. The van der Waals surface area contributed by atoms with Crippen molar-refractivity contribution < 1.29 is 15.3 Å². The Labute approximate surface area is 69.0 Å². The zero-order valence-electron chi connectivity index (χ0n) is 7.92. The summed E-state index contributed by atoms with van der Waals surface area (Å²) < 4.78 is 0. The van der Waals surface area contributed by atoms with Crippen LogP contribution in [0.5, 0.6) is 0 Å². The molecule has 0 saturated heterocycles. The van der Waals surface area contributed by atoms with E-state index < -0.39 is 0 Å². The minimum Gasteiger partial charge on any atom is -0.300 e. The molecule has 0 rings (SSSR count). The fraction of sp³-hybridized carbons (Fsp3) is 0.875. The third-order valence-electron chi connectivity index (χ3n) is 0.602. The van der Waals surface area contributed by atoms with E-state index >= 15 is 0 Å². The molecule has 3 nitrogen and oxygen atoms in total. The highest BCUT2D eigenvalue weighted by Gasteiger charge is 1.83. The molecule has 0 radical (unpaired) electrons. The molecular formula is C8H20O3. The lowest BCUT2D eigenvalue weighted by atomic mass is 10.3. The van der Waals surface area contributed by atoms with E-state index in [1.165, 1.54) is 6.42 Å². The SMILES string of the molecule is CCC.CCCC(C)=O.OO. The Bertz CT molecular complexity index is 62.4. The summed E-state index contributed by atoms with van der Waals surface area (Å²) in [4.78, 5) is 10.0. The molecule has 0 aliphatic heterocycles. The second-order valence-electron chi connectivity index (χ2n) is 2.16. The number of rotatable bonds is 2. The third-order valence-corrected chi connectivity index (χ3v) is 0.602. The molecule has 0 fully saturated rings. The molecule has 0 aliphatic carbocycles. The molecule has 0 heterocycles. The molecule has 0 spiro atoms. The van der Waals surface area contributed by atoms with Crippen molar-refractivity contribution in [3.8, 4) is 0 Å². The summed E-state index contributed by atoms with van der Waals surface area (Å²) >= 11 is 0. The number of Topliss-reactive ketones (excluding diaryl/α,β-unsaturated/α-hetero) is 1. The molecule has 0 unspecified atom stereocenters. The number of carbonyl (C=O) groups excluding carboxylic acids is 1. The van der Waals surface area contributed by atoms with Gasteiger partial charge in [-0.3, -0.25) is 10.5 Å². The van der Waals surface area contributed by atoms with Crippen LogP contribution < -0.4 is 0 Å². The van der Waals surface area contributed by atoms with E-state index in [4.69, 9.17) is 10.5 Å². The van der Waals surface area contributed by atoms with Crippen molar-refractivity contribution >= 4 is 5.78 Å². The van der Waals surface area contributed by atoms with Gasteiger partial charge in [-0.15, -0.1) is 0 Å². The van der Waals surface area contributed by atoms with Gasteiger partial charge in [0.05, 0.1) is 0 Å². The van der Waals surface area contributed by atoms with Gasteiger partial charge in [0.1, 0.15) is 5.78 Å². The van der Waals surface area contributed by atoms with E-state index in [2.05, 4.69) is 13.8 Å². The minimum atomic E-state index is 0.289. The van der Waals surface area contributed by atoms with Gasteiger partial charge in [-0.2, -0.15) is 0 Å². The summed E-state index contributed by atoms with van der Waals surface area (Å²) in [5.41, 5.74) is 0. The fourth-order valence-electron chi connectivity index (χ4n) is 0.352. The summed E-state index contributed by atoms with van der Waals surface area (Å²) in [5.74, 6) is 0.289. The average Bonchev–Trinajstić information content (AvgIpc) is 1.93. The molecule has 2 N–H and O–H groups in total. The molecule has 0 aromatic carbocycles. The quantitative estimate of drug-likeness (QED) is 0.487. The molecule has 0 aliphatic rings. The van der Waals surface area contributed by atoms with Crippen LogP contribution in [0, 0.1) is 0 Å². The van der Waals surface area contributed by atoms with Crippen molar-refractivity contribution in [3.63, 3.8) is 0 Å². The standard InChI is InChI=1S/C5H10O.C3H8.H2O2/c1-3-4-5(2)6;1-3-2;1-2/h3-4H2,1-2H3;3H2,1-2H3;1-2H. The van der Waals surface area contributed by atoms with Crippen LogP contribution in [0.4, 0.5) is 0 Å². The summed E-state index contributed by atoms with van der Waals surface area (Å²) in [6, 6.07) is 0. The lowest BCUT2D eigenvalue weighted by Crippen LogP contribution is -1.84. The first-order valence-electron chi connectivity index (χ1n) is 3.88. The maximum absolute atomic E-state index is 10.0. The molecule has 3 heteroatoms. The van der Waals surface area contributed by atoms with Crippen LogP contribution in [0.25, 0.3) is 0 Å². The lowest BCUT2D eigenvalue weighted by molar-refractivity contribution is -0.176. The Hall–Kier alpha value is -0.410. The summed E-state index contributed by atoms with van der Waals surface area (Å²) in [7, 11) is 0. The maximum atomic E-state index is 10.0. The third kappa shape index (κ3) is 82.4. The van der Waals surface area contributed by atoms with E-state index in [1.54, 1.807) is 6.92 Å². The Morgan fingerprint density at radius 1 is 1.18 bits per heavy atom. The molecular weight excluding hydrogens is 144 g/mol. The van der Waals surface area contributed by atoms with E-state index in [9.17, 15) is 4.79 Å². The van der Waals surface area contributed by atoms with Crippen molar-refractivity contribution in [2.24, 2.45) is 0 Å². The second-order valence-corrected chi connectivity index (χ2v) is 2.16. The number of hydrogen-bond acceptors (Lipinski definition) is 3. The van der Waals surface area contributed by atoms with Gasteiger partial charge in [0.15, 0.2) is 0 Å². The maximum Gasteiger partial charge on any atom is 0.129 e. The number of carbonyl (C=O) groups is 1. The van der Waals surface area contributed by atoms with Crippen molar-refractivity contribution in [1.82, 2.24) is 0 Å². The van der Waals surface area contributed by atoms with E-state index in [0.29, 0.717) is 0 Å². The Kier molecular flexibility index (Phi) is 34.8. The average molecular weight is 164 g/mol. The molecule has 0 aromatic heterocycles. The van der Waals surface area contributed by atoms with Crippen molar-refractivity contribution in [2.45, 2.75) is 47.0 Å². The topological polar surface area (TPSA) is 57.5 Å². The van der Waals surface area contributed by atoms with Crippen molar-refractivity contribution in [1.29, 1.82) is 0 Å². The molecule has 11 heavy (non-hydrogen) atoms. The largest absolute Gasteiger partial charge is 0.300 e. The van der Waals surface area contributed by atoms with Crippen molar-refractivity contribution in [3.05, 3.63) is 0 Å². The minimum absolute atomic E-state index is 0.289. The molecule has 0 saturated carbocycles. The molecule has 0 aromatic rings. The summed E-state index contributed by atoms with van der Waals surface area (Å²) in [5, 5.41) is 12.0. The van der Waals surface area contributed by atoms with Gasteiger partial charge in [0, 0.05) is 6.42 Å². The second kappa shape index (κ2) is 22.6. The van der Waals surface area contributed by atoms with Gasteiger partial charge < -0.3 is 4.79 Å². The predicted octanol–water partition coefficient (Wildman–Crippen LogP) is 2.81. The Morgan fingerprint density at radius 3 is 1.45 bits per heavy atom. The summed E-state index contributed by atoms with van der Waals surface area (Å²) in [6.07, 6.45) is 2.97. The first-order chi connectivity index (χ1) is 5.18. The van der Waals surface area contributed by atoms with Crippen LogP contribution >= 0.6 is 0 Å². The highest BCUT2D eigenvalue weighted by Crippen LogP contribution is 1.84. The first-order valence-corrected chi connectivity index (χ1v) is 3.88. The van der Waals surface area contributed by atoms with Gasteiger partial charge in [0.2, 0.25) is 0 Å². The van der Waals surface area contributed by atoms with Crippen LogP contribution in [0.1, 0.15) is 47.0 Å². The van der Waals surface area contributed by atoms with E-state index in [-0.39, 0.29) is 5.78 Å². The number of ketones is 1. The lowest BCUT2D eigenvalue weighted by Gasteiger charge is -1.80. The van der Waals surface area contributed by atoms with Crippen LogP contribution in [0.2, 0.25) is 0 Å². The van der Waals surface area contributed by atoms with Crippen LogP contribution in [0.3, 0.4) is 0 Å². The van der Waals surface area contributed by atoms with Gasteiger partial charge in [0.25, 0.3) is 0 Å². The van der Waals surface area contributed by atoms with Gasteiger partial charge in [-0.05, 0) is 13.3 Å². The number of hydrogen-bond donors (Lipinski definition) is 2. The first kappa shape index (κ1) is 16.9. The van der Waals surface area contributed by atoms with Gasteiger partial charge in [-0.25, -0.2) is 0 Å². The van der Waals surface area contributed by atoms with E-state index in [1.807, 2.05) is 6.92 Å². The monoisotopic (exact) mass is 164 g/mol. The van der Waals surface area contributed by atoms with Gasteiger partial charge in [-0.1, -0.05) is 27.2 Å². The van der Waals surface area contributed by atoms with Gasteiger partial charge >= 0.3 is 0 Å². The highest BCUT2D eigenvalue weighted by atomic mass is 17.0. The van der Waals surface area contributed by atoms with Crippen molar-refractivity contribution in [2.75, 3.05) is 0 Å². The molecule has 0 bridgehead atoms. The van der Waals surface area contributed by atoms with E-state index in [0.717, 1.165) is 12.8 Å². The highest BCUT2D eigenvalue weighted by molar-refractivity contribution is 5.75.